The van der Waals surface area contributed by atoms with E-state index < -0.39 is 0 Å². The van der Waals surface area contributed by atoms with Gasteiger partial charge in [-0.2, -0.15) is 0 Å². The Balaban J connectivity index is 2.33. The molecule has 0 aliphatic rings. The third kappa shape index (κ3) is 2.45. The predicted molar refractivity (Wildman–Crippen MR) is 76.2 cm³/mol. The van der Waals surface area contributed by atoms with Crippen LogP contribution in [0.1, 0.15) is 34.3 Å². The quantitative estimate of drug-likeness (QED) is 0.866. The number of hydrogen-bond donors (Lipinski definition) is 2. The summed E-state index contributed by atoms with van der Waals surface area (Å²) in [4.78, 5) is 0. The smallest absolute Gasteiger partial charge is 0.0493 e. The van der Waals surface area contributed by atoms with Crippen molar-refractivity contribution in [3.8, 4) is 0 Å². The van der Waals surface area contributed by atoms with Gasteiger partial charge >= 0.3 is 0 Å². The second-order valence-corrected chi connectivity index (χ2v) is 4.76. The molecule has 0 unspecified atom stereocenters. The molecule has 0 radical (unpaired) electrons. The van der Waals surface area contributed by atoms with Gasteiger partial charge in [-0.1, -0.05) is 48.5 Å². The largest absolute Gasteiger partial charge is 0.322 e. The summed E-state index contributed by atoms with van der Waals surface area (Å²) < 4.78 is 0. The summed E-state index contributed by atoms with van der Waals surface area (Å²) in [5.74, 6) is 0. The van der Waals surface area contributed by atoms with E-state index in [0.717, 1.165) is 11.1 Å². The lowest BCUT2D eigenvalue weighted by Gasteiger charge is -2.23. The Morgan fingerprint density at radius 2 is 1.00 bits per heavy atom. The van der Waals surface area contributed by atoms with Crippen LogP contribution < -0.4 is 11.5 Å². The van der Waals surface area contributed by atoms with Gasteiger partial charge in [0.05, 0.1) is 0 Å². The van der Waals surface area contributed by atoms with Gasteiger partial charge in [-0.25, -0.2) is 0 Å². The van der Waals surface area contributed by atoms with Crippen LogP contribution in [0.15, 0.2) is 48.5 Å². The maximum absolute atomic E-state index is 6.32. The zero-order chi connectivity index (χ0) is 13.1. The van der Waals surface area contributed by atoms with Crippen LogP contribution in [0.3, 0.4) is 0 Å². The maximum Gasteiger partial charge on any atom is 0.0493 e. The number of rotatable bonds is 3. The van der Waals surface area contributed by atoms with E-state index in [2.05, 4.69) is 38.1 Å². The molecule has 0 saturated carbocycles. The normalized spacial score (nSPS) is 14.2. The van der Waals surface area contributed by atoms with Gasteiger partial charge in [-0.3, -0.25) is 0 Å². The summed E-state index contributed by atoms with van der Waals surface area (Å²) in [6.45, 7) is 4.14. The Morgan fingerprint density at radius 3 is 1.33 bits per heavy atom. The van der Waals surface area contributed by atoms with Crippen molar-refractivity contribution >= 4 is 0 Å². The van der Waals surface area contributed by atoms with Crippen molar-refractivity contribution in [3.05, 3.63) is 70.8 Å². The third-order valence-electron chi connectivity index (χ3n) is 3.48. The van der Waals surface area contributed by atoms with E-state index in [-0.39, 0.29) is 12.1 Å². The predicted octanol–water partition coefficient (Wildman–Crippen LogP) is 3.00. The molecule has 2 heteroatoms. The molecule has 94 valence electrons. The minimum Gasteiger partial charge on any atom is -0.322 e. The first-order chi connectivity index (χ1) is 8.61. The van der Waals surface area contributed by atoms with Gasteiger partial charge in [0.25, 0.3) is 0 Å². The first-order valence-electron chi connectivity index (χ1n) is 6.23. The molecule has 0 bridgehead atoms. The highest BCUT2D eigenvalue weighted by Gasteiger charge is 2.19. The minimum atomic E-state index is -0.174. The van der Waals surface area contributed by atoms with E-state index in [0.29, 0.717) is 0 Å². The first-order valence-corrected chi connectivity index (χ1v) is 6.23. The van der Waals surface area contributed by atoms with Crippen molar-refractivity contribution in [1.29, 1.82) is 0 Å². The molecule has 0 aliphatic heterocycles. The Hall–Kier alpha value is -1.64. The van der Waals surface area contributed by atoms with Gasteiger partial charge in [0.1, 0.15) is 0 Å². The lowest BCUT2D eigenvalue weighted by atomic mass is 9.90. The molecule has 0 heterocycles. The molecule has 0 saturated heterocycles. The highest BCUT2D eigenvalue weighted by atomic mass is 14.8. The highest BCUT2D eigenvalue weighted by molar-refractivity contribution is 5.35. The Morgan fingerprint density at radius 1 is 0.667 bits per heavy atom. The Bertz CT molecular complexity index is 485. The second kappa shape index (κ2) is 5.34. The minimum absolute atomic E-state index is 0.174. The van der Waals surface area contributed by atoms with E-state index in [1.807, 2.05) is 24.3 Å². The highest BCUT2D eigenvalue weighted by Crippen LogP contribution is 2.28. The van der Waals surface area contributed by atoms with Crippen molar-refractivity contribution in [3.63, 3.8) is 0 Å². The third-order valence-corrected chi connectivity index (χ3v) is 3.48. The molecule has 0 amide bonds. The molecule has 0 aromatic heterocycles. The van der Waals surface area contributed by atoms with Crippen LogP contribution in [0.4, 0.5) is 0 Å². The van der Waals surface area contributed by atoms with Crippen molar-refractivity contribution in [2.75, 3.05) is 0 Å². The van der Waals surface area contributed by atoms with E-state index in [1.165, 1.54) is 11.1 Å². The zero-order valence-electron chi connectivity index (χ0n) is 10.9. The topological polar surface area (TPSA) is 52.0 Å². The first kappa shape index (κ1) is 12.8. The van der Waals surface area contributed by atoms with Gasteiger partial charge in [0.15, 0.2) is 0 Å². The summed E-state index contributed by atoms with van der Waals surface area (Å²) in [6, 6.07) is 15.9. The molecule has 2 aromatic rings. The lowest BCUT2D eigenvalue weighted by molar-refractivity contribution is 0.569. The molecule has 0 spiro atoms. The van der Waals surface area contributed by atoms with Crippen molar-refractivity contribution < 1.29 is 0 Å². The SMILES string of the molecule is Cc1ccccc1[C@H](N)[C@@H](N)c1ccccc1C. The van der Waals surface area contributed by atoms with E-state index in [9.17, 15) is 0 Å². The number of hydrogen-bond acceptors (Lipinski definition) is 2. The lowest BCUT2D eigenvalue weighted by Crippen LogP contribution is -2.27. The van der Waals surface area contributed by atoms with Crippen LogP contribution in [-0.4, -0.2) is 0 Å². The summed E-state index contributed by atoms with van der Waals surface area (Å²) in [5, 5.41) is 0. The van der Waals surface area contributed by atoms with Crippen LogP contribution in [0.5, 0.6) is 0 Å². The summed E-state index contributed by atoms with van der Waals surface area (Å²) in [7, 11) is 0. The average molecular weight is 240 g/mol. The molecule has 2 atom stereocenters. The fourth-order valence-electron chi connectivity index (χ4n) is 2.31. The van der Waals surface area contributed by atoms with Crippen molar-refractivity contribution in [2.45, 2.75) is 25.9 Å². The monoisotopic (exact) mass is 240 g/mol. The van der Waals surface area contributed by atoms with Gasteiger partial charge in [0.2, 0.25) is 0 Å². The Labute approximate surface area is 109 Å². The van der Waals surface area contributed by atoms with Gasteiger partial charge < -0.3 is 11.5 Å². The molecular formula is C16H20N2. The molecule has 0 aliphatic carbocycles. The fraction of sp³-hybridized carbons (Fsp3) is 0.250. The molecule has 2 nitrogen and oxygen atoms in total. The van der Waals surface area contributed by atoms with Gasteiger partial charge in [0, 0.05) is 12.1 Å². The van der Waals surface area contributed by atoms with Crippen LogP contribution in [-0.2, 0) is 0 Å². The molecule has 4 N–H and O–H groups in total. The van der Waals surface area contributed by atoms with Crippen LogP contribution >= 0.6 is 0 Å². The zero-order valence-corrected chi connectivity index (χ0v) is 10.9. The molecule has 2 aromatic carbocycles. The fourth-order valence-corrected chi connectivity index (χ4v) is 2.31. The molecule has 0 fully saturated rings. The van der Waals surface area contributed by atoms with E-state index >= 15 is 0 Å². The average Bonchev–Trinajstić information content (AvgIpc) is 2.38. The number of aryl methyl sites for hydroxylation is 2. The van der Waals surface area contributed by atoms with Crippen LogP contribution in [0, 0.1) is 13.8 Å². The van der Waals surface area contributed by atoms with Crippen molar-refractivity contribution in [2.24, 2.45) is 11.5 Å². The summed E-state index contributed by atoms with van der Waals surface area (Å²) in [5.41, 5.74) is 17.2. The number of nitrogens with two attached hydrogens (primary N) is 2. The second-order valence-electron chi connectivity index (χ2n) is 4.76. The van der Waals surface area contributed by atoms with Gasteiger partial charge in [-0.15, -0.1) is 0 Å². The van der Waals surface area contributed by atoms with Gasteiger partial charge in [-0.05, 0) is 36.1 Å². The van der Waals surface area contributed by atoms with Crippen LogP contribution in [0.2, 0.25) is 0 Å². The standard InChI is InChI=1S/C16H20N2/c1-11-7-3-5-9-13(11)15(17)16(18)14-10-6-4-8-12(14)2/h3-10,15-16H,17-18H2,1-2H3/t15-,16-/m0/s1. The summed E-state index contributed by atoms with van der Waals surface area (Å²) in [6.07, 6.45) is 0. The summed E-state index contributed by atoms with van der Waals surface area (Å²) >= 11 is 0. The molecular weight excluding hydrogens is 220 g/mol. The number of benzene rings is 2. The Kier molecular flexibility index (Phi) is 3.80. The van der Waals surface area contributed by atoms with E-state index in [4.69, 9.17) is 11.5 Å². The van der Waals surface area contributed by atoms with Crippen molar-refractivity contribution in [1.82, 2.24) is 0 Å². The van der Waals surface area contributed by atoms with E-state index in [1.54, 1.807) is 0 Å². The molecule has 2 rings (SSSR count). The van der Waals surface area contributed by atoms with Crippen LogP contribution in [0.25, 0.3) is 0 Å². The molecule has 18 heavy (non-hydrogen) atoms. The maximum atomic E-state index is 6.32.